The van der Waals surface area contributed by atoms with Gasteiger partial charge in [-0.25, -0.2) is 0 Å². The lowest BCUT2D eigenvalue weighted by Gasteiger charge is -2.36. The van der Waals surface area contributed by atoms with Gasteiger partial charge in [0, 0.05) is 23.6 Å². The zero-order valence-electron chi connectivity index (χ0n) is 20.3. The lowest BCUT2D eigenvalue weighted by atomic mass is 10.1. The van der Waals surface area contributed by atoms with E-state index in [-0.39, 0.29) is 16.6 Å². The molecule has 3 aromatic rings. The van der Waals surface area contributed by atoms with Gasteiger partial charge in [-0.1, -0.05) is 37.3 Å². The first-order chi connectivity index (χ1) is 16.2. The molecule has 0 N–H and O–H groups in total. The van der Waals surface area contributed by atoms with Gasteiger partial charge < -0.3 is 4.57 Å². The van der Waals surface area contributed by atoms with E-state index in [1.54, 1.807) is 6.08 Å². The van der Waals surface area contributed by atoms with E-state index < -0.39 is 5.91 Å². The fraction of sp³-hybridized carbons (Fsp3) is 0.250. The molecule has 0 bridgehead atoms. The van der Waals surface area contributed by atoms with E-state index in [0.717, 1.165) is 34.6 Å². The van der Waals surface area contributed by atoms with Gasteiger partial charge in [0.15, 0.2) is 5.11 Å². The summed E-state index contributed by atoms with van der Waals surface area (Å²) >= 11 is 5.59. The second-order valence-corrected chi connectivity index (χ2v) is 9.09. The summed E-state index contributed by atoms with van der Waals surface area (Å²) in [6.07, 6.45) is 2.45. The minimum atomic E-state index is -0.398. The summed E-state index contributed by atoms with van der Waals surface area (Å²) in [5.41, 5.74) is 7.05. The van der Waals surface area contributed by atoms with Gasteiger partial charge in [0.05, 0.1) is 5.69 Å². The van der Waals surface area contributed by atoms with Gasteiger partial charge in [0.2, 0.25) is 0 Å². The third kappa shape index (κ3) is 4.10. The standard InChI is InChI=1S/C28H29N3O2S/c1-6-14-29-26(32)24(27(33)31(28(29)34)23-10-8-7-9-11-23)17-22-16-20(4)30(21(22)5)25-15-18(2)12-13-19(25)3/h7-13,15-17H,6,14H2,1-5H3/b24-17+. The summed E-state index contributed by atoms with van der Waals surface area (Å²) in [4.78, 5) is 30.0. The normalized spacial score (nSPS) is 15.6. The van der Waals surface area contributed by atoms with Gasteiger partial charge >= 0.3 is 0 Å². The van der Waals surface area contributed by atoms with Crippen LogP contribution in [0.25, 0.3) is 11.8 Å². The van der Waals surface area contributed by atoms with Crippen LogP contribution in [0.1, 0.15) is 41.4 Å². The Bertz CT molecular complexity index is 1320. The molecule has 0 aliphatic carbocycles. The minimum Gasteiger partial charge on any atom is -0.318 e. The minimum absolute atomic E-state index is 0.118. The molecule has 0 unspecified atom stereocenters. The predicted octanol–water partition coefficient (Wildman–Crippen LogP) is 5.66. The molecule has 4 rings (SSSR count). The van der Waals surface area contributed by atoms with E-state index in [1.165, 1.54) is 15.4 Å². The fourth-order valence-electron chi connectivity index (χ4n) is 4.42. The number of nitrogens with zero attached hydrogens (tertiary/aromatic N) is 3. The highest BCUT2D eigenvalue weighted by molar-refractivity contribution is 7.80. The number of aryl methyl sites for hydroxylation is 3. The highest BCUT2D eigenvalue weighted by atomic mass is 32.1. The summed E-state index contributed by atoms with van der Waals surface area (Å²) in [6, 6.07) is 17.6. The third-order valence-electron chi connectivity index (χ3n) is 6.17. The largest absolute Gasteiger partial charge is 0.318 e. The van der Waals surface area contributed by atoms with E-state index in [0.29, 0.717) is 12.2 Å². The number of aromatic nitrogens is 1. The quantitative estimate of drug-likeness (QED) is 0.274. The number of carbonyl (C=O) groups excluding carboxylic acids is 2. The van der Waals surface area contributed by atoms with E-state index in [9.17, 15) is 9.59 Å². The van der Waals surface area contributed by atoms with Crippen molar-refractivity contribution < 1.29 is 9.59 Å². The Kier molecular flexibility index (Phi) is 6.53. The van der Waals surface area contributed by atoms with Crippen molar-refractivity contribution in [2.45, 2.75) is 41.0 Å². The summed E-state index contributed by atoms with van der Waals surface area (Å²) in [5, 5.41) is 0.223. The van der Waals surface area contributed by atoms with Gasteiger partial charge in [-0.3, -0.25) is 19.4 Å². The molecule has 1 fully saturated rings. The highest BCUT2D eigenvalue weighted by Crippen LogP contribution is 2.29. The molecule has 6 heteroatoms. The number of carbonyl (C=O) groups is 2. The van der Waals surface area contributed by atoms with Gasteiger partial charge in [-0.2, -0.15) is 0 Å². The topological polar surface area (TPSA) is 45.6 Å². The van der Waals surface area contributed by atoms with Gasteiger partial charge in [0.25, 0.3) is 11.8 Å². The number of anilines is 1. The van der Waals surface area contributed by atoms with Crippen LogP contribution in [0.5, 0.6) is 0 Å². The lowest BCUT2D eigenvalue weighted by Crippen LogP contribution is -2.56. The van der Waals surface area contributed by atoms with E-state index in [4.69, 9.17) is 12.2 Å². The molecule has 0 atom stereocenters. The van der Waals surface area contributed by atoms with Crippen LogP contribution in [0.3, 0.4) is 0 Å². The van der Waals surface area contributed by atoms with Crippen LogP contribution >= 0.6 is 12.2 Å². The predicted molar refractivity (Wildman–Crippen MR) is 141 cm³/mol. The summed E-state index contributed by atoms with van der Waals surface area (Å²) in [6.45, 7) is 10.6. The molecule has 0 saturated carbocycles. The first-order valence-electron chi connectivity index (χ1n) is 11.5. The maximum absolute atomic E-state index is 13.6. The molecular weight excluding hydrogens is 442 g/mol. The van der Waals surface area contributed by atoms with Crippen molar-refractivity contribution in [1.82, 2.24) is 9.47 Å². The molecule has 2 heterocycles. The first kappa shape index (κ1) is 23.6. The Morgan fingerprint density at radius 2 is 1.62 bits per heavy atom. The van der Waals surface area contributed by atoms with Crippen molar-refractivity contribution in [2.24, 2.45) is 0 Å². The van der Waals surface area contributed by atoms with Crippen LogP contribution < -0.4 is 4.90 Å². The van der Waals surface area contributed by atoms with Crippen LogP contribution in [0.15, 0.2) is 60.2 Å². The molecule has 2 amide bonds. The average molecular weight is 472 g/mol. The summed E-state index contributed by atoms with van der Waals surface area (Å²) in [7, 11) is 0. The van der Waals surface area contributed by atoms with E-state index in [1.807, 2.05) is 57.2 Å². The highest BCUT2D eigenvalue weighted by Gasteiger charge is 2.40. The molecule has 1 aliphatic rings. The zero-order chi connectivity index (χ0) is 24.6. The SMILES string of the molecule is CCCN1C(=O)/C(=C\c2cc(C)n(-c3cc(C)ccc3C)c2C)C(=O)N(c2ccccc2)C1=S. The van der Waals surface area contributed by atoms with Crippen LogP contribution in [0.4, 0.5) is 5.69 Å². The molecule has 0 spiro atoms. The molecule has 1 aliphatic heterocycles. The van der Waals surface area contributed by atoms with Crippen molar-refractivity contribution in [3.05, 3.63) is 88.2 Å². The Morgan fingerprint density at radius 1 is 0.912 bits per heavy atom. The average Bonchev–Trinajstić information content (AvgIpc) is 3.09. The Morgan fingerprint density at radius 3 is 2.29 bits per heavy atom. The lowest BCUT2D eigenvalue weighted by molar-refractivity contribution is -0.127. The molecule has 5 nitrogen and oxygen atoms in total. The van der Waals surface area contributed by atoms with E-state index >= 15 is 0 Å². The van der Waals surface area contributed by atoms with Gasteiger partial charge in [-0.05, 0) is 93.4 Å². The molecule has 0 radical (unpaired) electrons. The monoisotopic (exact) mass is 471 g/mol. The van der Waals surface area contributed by atoms with Crippen LogP contribution in [0.2, 0.25) is 0 Å². The number of amides is 2. The van der Waals surface area contributed by atoms with Crippen molar-refractivity contribution in [3.63, 3.8) is 0 Å². The number of hydrogen-bond acceptors (Lipinski definition) is 3. The summed E-state index contributed by atoms with van der Waals surface area (Å²) < 4.78 is 2.18. The van der Waals surface area contributed by atoms with E-state index in [2.05, 4.69) is 36.6 Å². The Labute approximate surface area is 206 Å². The van der Waals surface area contributed by atoms with Crippen LogP contribution in [0, 0.1) is 27.7 Å². The third-order valence-corrected chi connectivity index (χ3v) is 6.57. The smallest absolute Gasteiger partial charge is 0.270 e. The molecule has 2 aromatic carbocycles. The molecule has 34 heavy (non-hydrogen) atoms. The maximum Gasteiger partial charge on any atom is 0.270 e. The molecule has 174 valence electrons. The Balaban J connectivity index is 1.84. The van der Waals surface area contributed by atoms with Crippen LogP contribution in [-0.2, 0) is 9.59 Å². The van der Waals surface area contributed by atoms with Gasteiger partial charge in [0.1, 0.15) is 5.57 Å². The number of thiocarbonyl (C=S) groups is 1. The molecule has 1 saturated heterocycles. The molecule has 1 aromatic heterocycles. The Hall–Kier alpha value is -3.51. The van der Waals surface area contributed by atoms with Crippen molar-refractivity contribution in [1.29, 1.82) is 0 Å². The first-order valence-corrected chi connectivity index (χ1v) is 11.9. The second-order valence-electron chi connectivity index (χ2n) is 8.73. The number of benzene rings is 2. The molecular formula is C28H29N3O2S. The van der Waals surface area contributed by atoms with Crippen molar-refractivity contribution in [3.8, 4) is 5.69 Å². The zero-order valence-corrected chi connectivity index (χ0v) is 21.1. The van der Waals surface area contributed by atoms with Gasteiger partial charge in [-0.15, -0.1) is 0 Å². The fourth-order valence-corrected chi connectivity index (χ4v) is 4.78. The number of para-hydroxylation sites is 1. The van der Waals surface area contributed by atoms with Crippen molar-refractivity contribution in [2.75, 3.05) is 11.4 Å². The van der Waals surface area contributed by atoms with Crippen LogP contribution in [-0.4, -0.2) is 32.9 Å². The second kappa shape index (κ2) is 9.39. The van der Waals surface area contributed by atoms with Crippen molar-refractivity contribution >= 4 is 40.9 Å². The number of rotatable bonds is 5. The maximum atomic E-state index is 13.6. The summed E-state index contributed by atoms with van der Waals surface area (Å²) in [5.74, 6) is -0.745. The number of hydrogen-bond donors (Lipinski definition) is 0.